The van der Waals surface area contributed by atoms with E-state index in [4.69, 9.17) is 9.47 Å². The summed E-state index contributed by atoms with van der Waals surface area (Å²) in [5, 5.41) is 0. The standard InChI is InChI=1S/C11H15F3O5/c12-11(13,14)8(15)7-9(16)17-5-6-19-10-3-1-2-4-18-10/h10H,1-7H2. The largest absolute Gasteiger partial charge is 0.463 e. The summed E-state index contributed by atoms with van der Waals surface area (Å²) in [5.74, 6) is -3.33. The van der Waals surface area contributed by atoms with E-state index in [1.165, 1.54) is 0 Å². The lowest BCUT2D eigenvalue weighted by atomic mass is 10.2. The second-order valence-corrected chi connectivity index (χ2v) is 3.99. The SMILES string of the molecule is O=C(CC(=O)C(F)(F)F)OCCOC1CCCCO1. The quantitative estimate of drug-likeness (QED) is 0.421. The lowest BCUT2D eigenvalue weighted by molar-refractivity contribution is -0.179. The number of ketones is 1. The minimum Gasteiger partial charge on any atom is -0.463 e. The fraction of sp³-hybridized carbons (Fsp3) is 0.818. The smallest absolute Gasteiger partial charge is 0.450 e. The second-order valence-electron chi connectivity index (χ2n) is 3.99. The molecule has 1 fully saturated rings. The Labute approximate surface area is 108 Å². The fourth-order valence-electron chi connectivity index (χ4n) is 1.46. The van der Waals surface area contributed by atoms with Crippen LogP contribution in [0.15, 0.2) is 0 Å². The van der Waals surface area contributed by atoms with Crippen molar-refractivity contribution in [2.75, 3.05) is 19.8 Å². The summed E-state index contributed by atoms with van der Waals surface area (Å²) < 4.78 is 50.4. The van der Waals surface area contributed by atoms with E-state index in [1.54, 1.807) is 0 Å². The molecule has 1 atom stereocenters. The number of carbonyl (C=O) groups is 2. The van der Waals surface area contributed by atoms with Crippen molar-refractivity contribution in [1.82, 2.24) is 0 Å². The molecule has 0 saturated carbocycles. The third-order valence-electron chi connectivity index (χ3n) is 2.41. The fourth-order valence-corrected chi connectivity index (χ4v) is 1.46. The molecule has 110 valence electrons. The van der Waals surface area contributed by atoms with Gasteiger partial charge in [0.15, 0.2) is 6.29 Å². The topological polar surface area (TPSA) is 61.8 Å². The van der Waals surface area contributed by atoms with E-state index < -0.39 is 24.3 Å². The molecule has 0 aromatic carbocycles. The van der Waals surface area contributed by atoms with Gasteiger partial charge in [-0.15, -0.1) is 0 Å². The van der Waals surface area contributed by atoms with E-state index in [0.29, 0.717) is 6.61 Å². The van der Waals surface area contributed by atoms with Gasteiger partial charge in [0.25, 0.3) is 0 Å². The first-order chi connectivity index (χ1) is 8.89. The maximum atomic E-state index is 11.8. The molecule has 19 heavy (non-hydrogen) atoms. The molecule has 0 radical (unpaired) electrons. The molecule has 8 heteroatoms. The molecule has 0 aliphatic carbocycles. The lowest BCUT2D eigenvalue weighted by Gasteiger charge is -2.22. The van der Waals surface area contributed by atoms with E-state index in [-0.39, 0.29) is 19.5 Å². The van der Waals surface area contributed by atoms with Gasteiger partial charge in [0.2, 0.25) is 5.78 Å². The van der Waals surface area contributed by atoms with E-state index in [1.807, 2.05) is 0 Å². The minimum atomic E-state index is -5.01. The average molecular weight is 284 g/mol. The highest BCUT2D eigenvalue weighted by atomic mass is 19.4. The number of carbonyl (C=O) groups excluding carboxylic acids is 2. The first-order valence-electron chi connectivity index (χ1n) is 5.88. The van der Waals surface area contributed by atoms with Gasteiger partial charge in [-0.2, -0.15) is 13.2 Å². The number of hydrogen-bond donors (Lipinski definition) is 0. The van der Waals surface area contributed by atoms with Crippen molar-refractivity contribution in [3.8, 4) is 0 Å². The highest BCUT2D eigenvalue weighted by molar-refractivity contribution is 5.98. The highest BCUT2D eigenvalue weighted by Gasteiger charge is 2.39. The summed E-state index contributed by atoms with van der Waals surface area (Å²) in [5.41, 5.74) is 0. The van der Waals surface area contributed by atoms with Gasteiger partial charge in [0, 0.05) is 6.61 Å². The predicted molar refractivity (Wildman–Crippen MR) is 56.2 cm³/mol. The number of Topliss-reactive ketones (excluding diaryl/α,β-unsaturated/α-hetero) is 1. The molecule has 0 aromatic rings. The van der Waals surface area contributed by atoms with Gasteiger partial charge in [-0.3, -0.25) is 9.59 Å². The zero-order valence-electron chi connectivity index (χ0n) is 10.2. The van der Waals surface area contributed by atoms with Gasteiger partial charge in [0.1, 0.15) is 13.0 Å². The molecular formula is C11H15F3O5. The van der Waals surface area contributed by atoms with Gasteiger partial charge in [0.05, 0.1) is 6.61 Å². The summed E-state index contributed by atoms with van der Waals surface area (Å²) in [6, 6.07) is 0. The van der Waals surface area contributed by atoms with Crippen molar-refractivity contribution in [1.29, 1.82) is 0 Å². The van der Waals surface area contributed by atoms with Gasteiger partial charge in [-0.25, -0.2) is 0 Å². The molecule has 1 aliphatic heterocycles. The molecule has 0 N–H and O–H groups in total. The second kappa shape index (κ2) is 7.44. The van der Waals surface area contributed by atoms with Crippen LogP contribution >= 0.6 is 0 Å². The number of ether oxygens (including phenoxy) is 3. The van der Waals surface area contributed by atoms with Gasteiger partial charge in [-0.1, -0.05) is 0 Å². The Kier molecular flexibility index (Phi) is 6.23. The van der Waals surface area contributed by atoms with E-state index in [0.717, 1.165) is 19.3 Å². The van der Waals surface area contributed by atoms with Crippen LogP contribution in [0.2, 0.25) is 0 Å². The summed E-state index contributed by atoms with van der Waals surface area (Å²) in [4.78, 5) is 21.4. The maximum Gasteiger partial charge on any atom is 0.450 e. The van der Waals surface area contributed by atoms with Crippen molar-refractivity contribution in [3.63, 3.8) is 0 Å². The van der Waals surface area contributed by atoms with Crippen molar-refractivity contribution in [3.05, 3.63) is 0 Å². The third-order valence-corrected chi connectivity index (χ3v) is 2.41. The summed E-state index contributed by atoms with van der Waals surface area (Å²) in [6.07, 6.45) is -3.99. The molecule has 1 heterocycles. The molecule has 0 amide bonds. The Morgan fingerprint density at radius 2 is 1.95 bits per heavy atom. The van der Waals surface area contributed by atoms with Crippen LogP contribution in [-0.2, 0) is 23.8 Å². The predicted octanol–water partition coefficient (Wildman–Crippen LogP) is 1.59. The van der Waals surface area contributed by atoms with Crippen molar-refractivity contribution in [2.45, 2.75) is 38.1 Å². The molecule has 0 spiro atoms. The van der Waals surface area contributed by atoms with Crippen LogP contribution < -0.4 is 0 Å². The Hall–Kier alpha value is -1.15. The molecule has 1 saturated heterocycles. The van der Waals surface area contributed by atoms with Crippen LogP contribution in [0.5, 0.6) is 0 Å². The molecule has 5 nitrogen and oxygen atoms in total. The van der Waals surface area contributed by atoms with Crippen LogP contribution in [0.4, 0.5) is 13.2 Å². The Morgan fingerprint density at radius 3 is 2.53 bits per heavy atom. The monoisotopic (exact) mass is 284 g/mol. The number of alkyl halides is 3. The number of rotatable bonds is 6. The van der Waals surface area contributed by atoms with Crippen molar-refractivity contribution >= 4 is 11.8 Å². The van der Waals surface area contributed by atoms with Crippen LogP contribution in [0.3, 0.4) is 0 Å². The lowest BCUT2D eigenvalue weighted by Crippen LogP contribution is -2.27. The van der Waals surface area contributed by atoms with Gasteiger partial charge < -0.3 is 14.2 Å². The third kappa shape index (κ3) is 6.53. The average Bonchev–Trinajstić information content (AvgIpc) is 2.35. The van der Waals surface area contributed by atoms with E-state index >= 15 is 0 Å². The Bertz CT molecular complexity index is 310. The van der Waals surface area contributed by atoms with Crippen LogP contribution in [0.1, 0.15) is 25.7 Å². The molecule has 0 aromatic heterocycles. The van der Waals surface area contributed by atoms with Crippen LogP contribution in [0.25, 0.3) is 0 Å². The van der Waals surface area contributed by atoms with Gasteiger partial charge >= 0.3 is 12.1 Å². The van der Waals surface area contributed by atoms with Gasteiger partial charge in [-0.05, 0) is 19.3 Å². The Morgan fingerprint density at radius 1 is 1.21 bits per heavy atom. The summed E-state index contributed by atoms with van der Waals surface area (Å²) in [7, 11) is 0. The normalized spacial score (nSPS) is 20.1. The van der Waals surface area contributed by atoms with Crippen LogP contribution in [0, 0.1) is 0 Å². The molecule has 1 aliphatic rings. The van der Waals surface area contributed by atoms with Crippen molar-refractivity contribution < 1.29 is 37.0 Å². The number of hydrogen-bond acceptors (Lipinski definition) is 5. The first-order valence-corrected chi connectivity index (χ1v) is 5.88. The summed E-state index contributed by atoms with van der Waals surface area (Å²) >= 11 is 0. The van der Waals surface area contributed by atoms with E-state index in [9.17, 15) is 22.8 Å². The summed E-state index contributed by atoms with van der Waals surface area (Å²) in [6.45, 7) is 0.422. The number of halogens is 3. The van der Waals surface area contributed by atoms with E-state index in [2.05, 4.69) is 4.74 Å². The maximum absolute atomic E-state index is 11.8. The molecular weight excluding hydrogens is 269 g/mol. The molecule has 0 bridgehead atoms. The Balaban J connectivity index is 2.08. The first kappa shape index (κ1) is 15.9. The highest BCUT2D eigenvalue weighted by Crippen LogP contribution is 2.18. The molecule has 1 unspecified atom stereocenters. The zero-order chi connectivity index (χ0) is 14.3. The minimum absolute atomic E-state index is 0.0244. The van der Waals surface area contributed by atoms with Crippen molar-refractivity contribution in [2.24, 2.45) is 0 Å². The zero-order valence-corrected chi connectivity index (χ0v) is 10.2. The van der Waals surface area contributed by atoms with Crippen LogP contribution in [-0.4, -0.2) is 44.0 Å². The number of esters is 1. The molecule has 1 rings (SSSR count).